The first kappa shape index (κ1) is 16.6. The molecule has 0 saturated carbocycles. The van der Waals surface area contributed by atoms with Gasteiger partial charge >= 0.3 is 10.1 Å². The first-order valence-corrected chi connectivity index (χ1v) is 8.63. The normalized spacial score (nSPS) is 11.5. The third-order valence-electron chi connectivity index (χ3n) is 3.65. The van der Waals surface area contributed by atoms with Crippen LogP contribution in [0.1, 0.15) is 33.4 Å². The zero-order chi connectivity index (χ0) is 16.7. The lowest BCUT2D eigenvalue weighted by atomic mass is 10.1. The summed E-state index contributed by atoms with van der Waals surface area (Å²) in [6.07, 6.45) is 0. The van der Waals surface area contributed by atoms with Crippen molar-refractivity contribution in [2.75, 3.05) is 0 Å². The van der Waals surface area contributed by atoms with Crippen molar-refractivity contribution in [3.8, 4) is 5.75 Å². The summed E-state index contributed by atoms with van der Waals surface area (Å²) in [5.41, 5.74) is 5.19. The Morgan fingerprint density at radius 1 is 0.682 bits per heavy atom. The second-order valence-electron chi connectivity index (χ2n) is 5.99. The lowest BCUT2D eigenvalue weighted by molar-refractivity contribution is 0.481. The van der Waals surface area contributed by atoms with Crippen molar-refractivity contribution >= 4 is 10.1 Å². The van der Waals surface area contributed by atoms with Gasteiger partial charge in [0.05, 0.1) is 0 Å². The Balaban J connectivity index is 2.55. The second-order valence-corrected chi connectivity index (χ2v) is 7.48. The molecule has 0 aromatic heterocycles. The highest BCUT2D eigenvalue weighted by Crippen LogP contribution is 2.30. The molecule has 4 heteroatoms. The molecule has 0 atom stereocenters. The maximum absolute atomic E-state index is 12.7. The molecule has 0 aliphatic rings. The van der Waals surface area contributed by atoms with E-state index in [1.54, 1.807) is 13.8 Å². The highest BCUT2D eigenvalue weighted by atomic mass is 32.2. The molecular formula is C18H22O3S. The summed E-state index contributed by atoms with van der Waals surface area (Å²) in [5.74, 6) is 0.421. The minimum atomic E-state index is -3.85. The minimum absolute atomic E-state index is 0.262. The smallest absolute Gasteiger partial charge is 0.339 e. The zero-order valence-electron chi connectivity index (χ0n) is 13.9. The molecule has 0 N–H and O–H groups in total. The highest BCUT2D eigenvalue weighted by molar-refractivity contribution is 7.87. The molecule has 2 aromatic carbocycles. The molecule has 0 amide bonds. The van der Waals surface area contributed by atoms with Crippen molar-refractivity contribution in [3.63, 3.8) is 0 Å². The number of aryl methyl sites for hydroxylation is 6. The second kappa shape index (κ2) is 5.76. The summed E-state index contributed by atoms with van der Waals surface area (Å²) >= 11 is 0. The van der Waals surface area contributed by atoms with Gasteiger partial charge in [-0.05, 0) is 63.8 Å². The van der Waals surface area contributed by atoms with Gasteiger partial charge in [0.2, 0.25) is 0 Å². The zero-order valence-corrected chi connectivity index (χ0v) is 14.8. The Kier molecular flexibility index (Phi) is 4.34. The molecule has 0 saturated heterocycles. The molecular weight excluding hydrogens is 296 g/mol. The molecule has 22 heavy (non-hydrogen) atoms. The Bertz CT molecular complexity index is 787. The van der Waals surface area contributed by atoms with Crippen LogP contribution >= 0.6 is 0 Å². The SMILES string of the molecule is Cc1cc(C)c(OS(=O)(=O)c2c(C)cc(C)cc2C)c(C)c1. The molecule has 0 bridgehead atoms. The van der Waals surface area contributed by atoms with Gasteiger partial charge in [-0.1, -0.05) is 35.4 Å². The van der Waals surface area contributed by atoms with E-state index < -0.39 is 10.1 Å². The summed E-state index contributed by atoms with van der Waals surface area (Å²) in [6, 6.07) is 7.57. The van der Waals surface area contributed by atoms with E-state index in [1.807, 2.05) is 52.0 Å². The topological polar surface area (TPSA) is 43.4 Å². The minimum Gasteiger partial charge on any atom is -0.378 e. The van der Waals surface area contributed by atoms with Crippen LogP contribution in [0.5, 0.6) is 5.75 Å². The molecule has 3 nitrogen and oxygen atoms in total. The lowest BCUT2D eigenvalue weighted by Crippen LogP contribution is -2.14. The van der Waals surface area contributed by atoms with E-state index in [1.165, 1.54) is 0 Å². The van der Waals surface area contributed by atoms with Crippen LogP contribution in [0.4, 0.5) is 0 Å². The molecule has 0 heterocycles. The van der Waals surface area contributed by atoms with Crippen LogP contribution in [-0.2, 0) is 10.1 Å². The van der Waals surface area contributed by atoms with E-state index in [0.717, 1.165) is 22.3 Å². The molecule has 0 fully saturated rings. The molecule has 0 aliphatic heterocycles. The first-order valence-electron chi connectivity index (χ1n) is 7.22. The average Bonchev–Trinajstić information content (AvgIpc) is 2.31. The Hall–Kier alpha value is -1.81. The summed E-state index contributed by atoms with van der Waals surface area (Å²) in [4.78, 5) is 0.262. The fourth-order valence-corrected chi connectivity index (χ4v) is 4.48. The Morgan fingerprint density at radius 2 is 1.05 bits per heavy atom. The van der Waals surface area contributed by atoms with E-state index in [2.05, 4.69) is 0 Å². The van der Waals surface area contributed by atoms with E-state index >= 15 is 0 Å². The summed E-state index contributed by atoms with van der Waals surface area (Å²) in [5, 5.41) is 0. The van der Waals surface area contributed by atoms with Crippen LogP contribution in [-0.4, -0.2) is 8.42 Å². The van der Waals surface area contributed by atoms with E-state index in [9.17, 15) is 8.42 Å². The van der Waals surface area contributed by atoms with Gasteiger partial charge in [-0.15, -0.1) is 0 Å². The van der Waals surface area contributed by atoms with Crippen LogP contribution in [0.3, 0.4) is 0 Å². The van der Waals surface area contributed by atoms with Gasteiger partial charge in [-0.25, -0.2) is 0 Å². The van der Waals surface area contributed by atoms with Crippen LogP contribution in [0.2, 0.25) is 0 Å². The van der Waals surface area contributed by atoms with Gasteiger partial charge in [0.25, 0.3) is 0 Å². The fourth-order valence-electron chi connectivity index (χ4n) is 3.01. The quantitative estimate of drug-likeness (QED) is 0.792. The predicted octanol–water partition coefficient (Wildman–Crippen LogP) is 4.30. The number of hydrogen-bond acceptors (Lipinski definition) is 3. The lowest BCUT2D eigenvalue weighted by Gasteiger charge is -2.16. The Labute approximate surface area is 133 Å². The van der Waals surface area contributed by atoms with Crippen LogP contribution < -0.4 is 4.18 Å². The van der Waals surface area contributed by atoms with Crippen LogP contribution in [0.25, 0.3) is 0 Å². The fraction of sp³-hybridized carbons (Fsp3) is 0.333. The van der Waals surface area contributed by atoms with Gasteiger partial charge in [0.1, 0.15) is 10.6 Å². The van der Waals surface area contributed by atoms with Crippen LogP contribution in [0, 0.1) is 41.5 Å². The highest BCUT2D eigenvalue weighted by Gasteiger charge is 2.23. The van der Waals surface area contributed by atoms with Crippen molar-refractivity contribution in [3.05, 3.63) is 57.6 Å². The van der Waals surface area contributed by atoms with Crippen molar-refractivity contribution < 1.29 is 12.6 Å². The predicted molar refractivity (Wildman–Crippen MR) is 89.1 cm³/mol. The van der Waals surface area contributed by atoms with E-state index in [0.29, 0.717) is 16.9 Å². The van der Waals surface area contributed by atoms with Crippen molar-refractivity contribution in [2.24, 2.45) is 0 Å². The van der Waals surface area contributed by atoms with Crippen LogP contribution in [0.15, 0.2) is 29.2 Å². The average molecular weight is 318 g/mol. The van der Waals surface area contributed by atoms with Crippen molar-refractivity contribution in [2.45, 2.75) is 46.4 Å². The summed E-state index contributed by atoms with van der Waals surface area (Å²) < 4.78 is 30.9. The molecule has 118 valence electrons. The van der Waals surface area contributed by atoms with E-state index in [-0.39, 0.29) is 4.90 Å². The third kappa shape index (κ3) is 3.17. The third-order valence-corrected chi connectivity index (χ3v) is 5.18. The number of benzene rings is 2. The standard InChI is InChI=1S/C18H22O3S/c1-11-7-13(3)17(14(4)8-11)21-22(19,20)18-15(5)9-12(2)10-16(18)6/h7-10H,1-6H3. The maximum atomic E-state index is 12.7. The molecule has 2 aromatic rings. The van der Waals surface area contributed by atoms with Crippen molar-refractivity contribution in [1.82, 2.24) is 0 Å². The Morgan fingerprint density at radius 3 is 1.45 bits per heavy atom. The molecule has 0 aliphatic carbocycles. The molecule has 0 unspecified atom stereocenters. The summed E-state index contributed by atoms with van der Waals surface area (Å²) in [6.45, 7) is 11.2. The molecule has 0 radical (unpaired) electrons. The van der Waals surface area contributed by atoms with Gasteiger partial charge in [0.15, 0.2) is 0 Å². The first-order chi connectivity index (χ1) is 10.1. The monoisotopic (exact) mass is 318 g/mol. The van der Waals surface area contributed by atoms with Gasteiger partial charge in [-0.2, -0.15) is 8.42 Å². The molecule has 2 rings (SSSR count). The van der Waals surface area contributed by atoms with Gasteiger partial charge in [-0.3, -0.25) is 0 Å². The van der Waals surface area contributed by atoms with Gasteiger partial charge < -0.3 is 4.18 Å². The molecule has 0 spiro atoms. The van der Waals surface area contributed by atoms with Crippen molar-refractivity contribution in [1.29, 1.82) is 0 Å². The largest absolute Gasteiger partial charge is 0.378 e. The van der Waals surface area contributed by atoms with Gasteiger partial charge in [0, 0.05) is 0 Å². The number of hydrogen-bond donors (Lipinski definition) is 0. The summed E-state index contributed by atoms with van der Waals surface area (Å²) in [7, 11) is -3.85. The van der Waals surface area contributed by atoms with E-state index in [4.69, 9.17) is 4.18 Å². The maximum Gasteiger partial charge on any atom is 0.339 e. The number of rotatable bonds is 3.